The average molecular weight is 223 g/mol. The quantitative estimate of drug-likeness (QED) is 0.772. The van der Waals surface area contributed by atoms with Crippen LogP contribution in [0, 0.1) is 6.92 Å². The van der Waals surface area contributed by atoms with Gasteiger partial charge in [0.2, 0.25) is 0 Å². The number of nitrogens with zero attached hydrogens (tertiary/aromatic N) is 1. The van der Waals surface area contributed by atoms with E-state index in [0.717, 1.165) is 11.3 Å². The van der Waals surface area contributed by atoms with E-state index in [1.165, 1.54) is 0 Å². The van der Waals surface area contributed by atoms with E-state index < -0.39 is 11.4 Å². The van der Waals surface area contributed by atoms with Crippen molar-refractivity contribution in [3.8, 4) is 0 Å². The lowest BCUT2D eigenvalue weighted by Gasteiger charge is -2.45. The molecule has 0 radical (unpaired) electrons. The predicted octanol–water partition coefficient (Wildman–Crippen LogP) is 2.26. The topological polar surface area (TPSA) is 43.7 Å². The van der Waals surface area contributed by atoms with Crippen molar-refractivity contribution in [3.63, 3.8) is 0 Å². The molecule has 0 amide bonds. The number of para-hydroxylation sites is 1. The maximum Gasteiger partial charge on any atom is 0.134 e. The highest BCUT2D eigenvalue weighted by Gasteiger charge is 2.35. The predicted molar refractivity (Wildman–Crippen MR) is 66.3 cm³/mol. The van der Waals surface area contributed by atoms with Crippen LogP contribution in [0.4, 0.5) is 5.69 Å². The largest absolute Gasteiger partial charge is 0.371 e. The molecular formula is C13H21NO2. The fourth-order valence-electron chi connectivity index (χ4n) is 2.07. The van der Waals surface area contributed by atoms with Crippen molar-refractivity contribution in [3.05, 3.63) is 29.8 Å². The first-order valence-electron chi connectivity index (χ1n) is 5.45. The average Bonchev–Trinajstić information content (AvgIpc) is 2.03. The third kappa shape index (κ3) is 2.74. The Morgan fingerprint density at radius 1 is 0.938 bits per heavy atom. The maximum absolute atomic E-state index is 10.2. The normalized spacial score (nSPS) is 12.7. The van der Waals surface area contributed by atoms with E-state index in [-0.39, 0.29) is 0 Å². The molecule has 0 spiro atoms. The highest BCUT2D eigenvalue weighted by Crippen LogP contribution is 2.31. The number of hydrogen-bond donors (Lipinski definition) is 2. The first kappa shape index (κ1) is 13.0. The molecule has 3 heteroatoms. The van der Waals surface area contributed by atoms with Crippen molar-refractivity contribution >= 4 is 5.69 Å². The van der Waals surface area contributed by atoms with Crippen molar-refractivity contribution in [2.24, 2.45) is 0 Å². The summed E-state index contributed by atoms with van der Waals surface area (Å²) in [5.41, 5.74) is -0.386. The Morgan fingerprint density at radius 2 is 1.38 bits per heavy atom. The minimum absolute atomic E-state index is 0.836. The lowest BCUT2D eigenvalue weighted by Crippen LogP contribution is -2.56. The zero-order valence-electron chi connectivity index (χ0n) is 10.7. The number of anilines is 1. The molecule has 0 fully saturated rings. The van der Waals surface area contributed by atoms with Gasteiger partial charge >= 0.3 is 0 Å². The minimum Gasteiger partial charge on any atom is -0.371 e. The van der Waals surface area contributed by atoms with Crippen molar-refractivity contribution in [1.29, 1.82) is 0 Å². The van der Waals surface area contributed by atoms with Crippen LogP contribution in [0.3, 0.4) is 0 Å². The molecule has 0 saturated carbocycles. The van der Waals surface area contributed by atoms with Gasteiger partial charge < -0.3 is 15.1 Å². The molecule has 0 aliphatic heterocycles. The lowest BCUT2D eigenvalue weighted by molar-refractivity contribution is -0.0202. The van der Waals surface area contributed by atoms with Gasteiger partial charge in [-0.2, -0.15) is 0 Å². The van der Waals surface area contributed by atoms with E-state index in [0.29, 0.717) is 0 Å². The monoisotopic (exact) mass is 223 g/mol. The Kier molecular flexibility index (Phi) is 3.31. The fourth-order valence-corrected chi connectivity index (χ4v) is 2.07. The van der Waals surface area contributed by atoms with Crippen molar-refractivity contribution < 1.29 is 10.2 Å². The summed E-state index contributed by atoms with van der Waals surface area (Å²) in [5.74, 6) is 0. The molecule has 0 saturated heterocycles. The summed E-state index contributed by atoms with van der Waals surface area (Å²) in [7, 11) is 0. The Bertz CT molecular complexity index is 347. The van der Waals surface area contributed by atoms with Gasteiger partial charge in [-0.1, -0.05) is 18.2 Å². The molecule has 1 aromatic rings. The van der Waals surface area contributed by atoms with Crippen LogP contribution in [0.5, 0.6) is 0 Å². The minimum atomic E-state index is -1.12. The highest BCUT2D eigenvalue weighted by molar-refractivity contribution is 5.55. The van der Waals surface area contributed by atoms with Crippen LogP contribution < -0.4 is 4.90 Å². The molecule has 0 aliphatic rings. The summed E-state index contributed by atoms with van der Waals surface area (Å²) in [5, 5.41) is 20.3. The number of rotatable bonds is 3. The molecule has 2 N–H and O–H groups in total. The lowest BCUT2D eigenvalue weighted by atomic mass is 10.1. The smallest absolute Gasteiger partial charge is 0.134 e. The molecule has 1 rings (SSSR count). The van der Waals surface area contributed by atoms with Crippen LogP contribution >= 0.6 is 0 Å². The third-order valence-electron chi connectivity index (χ3n) is 2.45. The number of aliphatic hydroxyl groups is 2. The zero-order chi connectivity index (χ0) is 12.6. The van der Waals surface area contributed by atoms with Gasteiger partial charge in [0.05, 0.1) is 0 Å². The molecule has 0 aromatic heterocycles. The number of aryl methyl sites for hydroxylation is 1. The summed E-state index contributed by atoms with van der Waals surface area (Å²) in [4.78, 5) is 1.61. The molecule has 3 nitrogen and oxygen atoms in total. The second kappa shape index (κ2) is 4.07. The van der Waals surface area contributed by atoms with E-state index in [4.69, 9.17) is 0 Å². The van der Waals surface area contributed by atoms with Crippen molar-refractivity contribution in [1.82, 2.24) is 0 Å². The van der Waals surface area contributed by atoms with E-state index >= 15 is 0 Å². The van der Waals surface area contributed by atoms with Gasteiger partial charge in [0, 0.05) is 5.69 Å². The zero-order valence-corrected chi connectivity index (χ0v) is 10.7. The Morgan fingerprint density at radius 3 is 1.75 bits per heavy atom. The van der Waals surface area contributed by atoms with Crippen LogP contribution in [0.25, 0.3) is 0 Å². The summed E-state index contributed by atoms with van der Waals surface area (Å²) in [6, 6.07) is 7.68. The molecule has 0 aliphatic carbocycles. The summed E-state index contributed by atoms with van der Waals surface area (Å²) < 4.78 is 0. The van der Waals surface area contributed by atoms with Gasteiger partial charge in [0.1, 0.15) is 11.4 Å². The second-order valence-electron chi connectivity index (χ2n) is 5.11. The summed E-state index contributed by atoms with van der Waals surface area (Å²) in [6.07, 6.45) is 0. The SMILES string of the molecule is Cc1ccccc1N(C(C)(C)O)C(C)(C)O. The van der Waals surface area contributed by atoms with Gasteiger partial charge in [-0.3, -0.25) is 0 Å². The van der Waals surface area contributed by atoms with E-state index in [1.54, 1.807) is 32.6 Å². The molecule has 1 aromatic carbocycles. The van der Waals surface area contributed by atoms with Gasteiger partial charge in [-0.05, 0) is 46.2 Å². The van der Waals surface area contributed by atoms with Crippen LogP contribution in [-0.2, 0) is 0 Å². The van der Waals surface area contributed by atoms with Gasteiger partial charge in [-0.25, -0.2) is 0 Å². The van der Waals surface area contributed by atoms with Gasteiger partial charge in [0.15, 0.2) is 0 Å². The number of hydrogen-bond acceptors (Lipinski definition) is 3. The molecule has 0 heterocycles. The Balaban J connectivity index is 3.29. The first-order chi connectivity index (χ1) is 7.14. The van der Waals surface area contributed by atoms with Crippen LogP contribution in [0.1, 0.15) is 33.3 Å². The van der Waals surface area contributed by atoms with Crippen molar-refractivity contribution in [2.75, 3.05) is 4.90 Å². The fraction of sp³-hybridized carbons (Fsp3) is 0.538. The van der Waals surface area contributed by atoms with E-state index in [9.17, 15) is 10.2 Å². The first-order valence-corrected chi connectivity index (χ1v) is 5.45. The molecular weight excluding hydrogens is 202 g/mol. The van der Waals surface area contributed by atoms with Crippen LogP contribution in [-0.4, -0.2) is 21.7 Å². The Labute approximate surface area is 97.3 Å². The molecule has 0 unspecified atom stereocenters. The van der Waals surface area contributed by atoms with Crippen molar-refractivity contribution in [2.45, 2.75) is 46.1 Å². The van der Waals surface area contributed by atoms with Crippen LogP contribution in [0.2, 0.25) is 0 Å². The van der Waals surface area contributed by atoms with Gasteiger partial charge in [0.25, 0.3) is 0 Å². The summed E-state index contributed by atoms with van der Waals surface area (Å²) in [6.45, 7) is 8.61. The second-order valence-corrected chi connectivity index (χ2v) is 5.11. The molecule has 0 atom stereocenters. The Hall–Kier alpha value is -1.06. The maximum atomic E-state index is 10.2. The van der Waals surface area contributed by atoms with Crippen LogP contribution in [0.15, 0.2) is 24.3 Å². The molecule has 0 bridgehead atoms. The molecule has 90 valence electrons. The highest BCUT2D eigenvalue weighted by atomic mass is 16.3. The van der Waals surface area contributed by atoms with E-state index in [1.807, 2.05) is 31.2 Å². The molecule has 16 heavy (non-hydrogen) atoms. The number of benzene rings is 1. The summed E-state index contributed by atoms with van der Waals surface area (Å²) >= 11 is 0. The van der Waals surface area contributed by atoms with E-state index in [2.05, 4.69) is 0 Å². The third-order valence-corrected chi connectivity index (χ3v) is 2.45. The van der Waals surface area contributed by atoms with Gasteiger partial charge in [-0.15, -0.1) is 0 Å². The standard InChI is InChI=1S/C13H21NO2/c1-10-8-6-7-9-11(10)14(12(2,3)15)13(4,5)16/h6-9,15-16H,1-5H3.